The molecule has 2 unspecified atom stereocenters. The predicted octanol–water partition coefficient (Wildman–Crippen LogP) is 2.63. The van der Waals surface area contributed by atoms with Crippen molar-refractivity contribution in [3.05, 3.63) is 35.1 Å². The molecule has 2 rings (SSSR count). The number of rotatable bonds is 3. The van der Waals surface area contributed by atoms with Crippen LogP contribution in [0.2, 0.25) is 0 Å². The summed E-state index contributed by atoms with van der Waals surface area (Å²) in [4.78, 5) is 2.30. The average molecular weight is 280 g/mol. The van der Waals surface area contributed by atoms with Crippen molar-refractivity contribution in [2.24, 2.45) is 5.73 Å². The molecule has 0 saturated carbocycles. The molecule has 2 N–H and O–H groups in total. The largest absolute Gasteiger partial charge is 0.370 e. The number of nitrogens with zero attached hydrogens (tertiary/aromatic N) is 1. The van der Waals surface area contributed by atoms with Crippen LogP contribution in [0.1, 0.15) is 37.9 Å². The summed E-state index contributed by atoms with van der Waals surface area (Å²) in [5.74, 6) is -0.165. The normalized spacial score (nSPS) is 24.6. The molecule has 3 nitrogen and oxygen atoms in total. The first-order valence-electron chi connectivity index (χ1n) is 7.20. The Morgan fingerprint density at radius 1 is 1.50 bits per heavy atom. The van der Waals surface area contributed by atoms with Gasteiger partial charge in [0.25, 0.3) is 0 Å². The number of aryl methyl sites for hydroxylation is 1. The summed E-state index contributed by atoms with van der Waals surface area (Å²) in [5.41, 5.74) is 7.36. The van der Waals surface area contributed by atoms with Crippen LogP contribution in [0.25, 0.3) is 0 Å². The van der Waals surface area contributed by atoms with Gasteiger partial charge in [0.1, 0.15) is 5.82 Å². The van der Waals surface area contributed by atoms with E-state index in [1.807, 2.05) is 12.1 Å². The molecule has 20 heavy (non-hydrogen) atoms. The monoisotopic (exact) mass is 280 g/mol. The maximum Gasteiger partial charge on any atom is 0.126 e. The second-order valence-electron chi connectivity index (χ2n) is 6.38. The Morgan fingerprint density at radius 2 is 2.20 bits per heavy atom. The fraction of sp³-hybridized carbons (Fsp3) is 0.625. The van der Waals surface area contributed by atoms with Gasteiger partial charge in [0.05, 0.1) is 11.7 Å². The van der Waals surface area contributed by atoms with Gasteiger partial charge >= 0.3 is 0 Å². The van der Waals surface area contributed by atoms with E-state index in [1.54, 1.807) is 13.0 Å². The van der Waals surface area contributed by atoms with Crippen LogP contribution in [0, 0.1) is 12.7 Å². The van der Waals surface area contributed by atoms with Gasteiger partial charge in [-0.1, -0.05) is 12.1 Å². The summed E-state index contributed by atoms with van der Waals surface area (Å²) < 4.78 is 19.7. The van der Waals surface area contributed by atoms with Gasteiger partial charge in [0.2, 0.25) is 0 Å². The van der Waals surface area contributed by atoms with Crippen LogP contribution < -0.4 is 5.73 Å². The highest BCUT2D eigenvalue weighted by atomic mass is 19.1. The number of hydrogen-bond donors (Lipinski definition) is 1. The minimum absolute atomic E-state index is 0.0377. The van der Waals surface area contributed by atoms with Crippen molar-refractivity contribution in [3.63, 3.8) is 0 Å². The van der Waals surface area contributed by atoms with Gasteiger partial charge < -0.3 is 10.5 Å². The van der Waals surface area contributed by atoms with E-state index in [-0.39, 0.29) is 23.6 Å². The lowest BCUT2D eigenvalue weighted by Crippen LogP contribution is -2.53. The second-order valence-corrected chi connectivity index (χ2v) is 6.38. The molecule has 0 aromatic heterocycles. The Morgan fingerprint density at radius 3 is 2.75 bits per heavy atom. The summed E-state index contributed by atoms with van der Waals surface area (Å²) in [7, 11) is 0. The third-order valence-electron chi connectivity index (χ3n) is 3.84. The second kappa shape index (κ2) is 5.80. The van der Waals surface area contributed by atoms with Crippen molar-refractivity contribution in [1.82, 2.24) is 4.90 Å². The first-order chi connectivity index (χ1) is 9.32. The summed E-state index contributed by atoms with van der Waals surface area (Å²) in [5, 5.41) is 0. The lowest BCUT2D eigenvalue weighted by molar-refractivity contribution is -0.137. The van der Waals surface area contributed by atoms with Crippen molar-refractivity contribution in [2.75, 3.05) is 19.6 Å². The van der Waals surface area contributed by atoms with Crippen molar-refractivity contribution >= 4 is 0 Å². The fourth-order valence-electron chi connectivity index (χ4n) is 3.05. The smallest absolute Gasteiger partial charge is 0.126 e. The molecular formula is C16H25FN2O. The van der Waals surface area contributed by atoms with Crippen molar-refractivity contribution in [1.29, 1.82) is 0 Å². The van der Waals surface area contributed by atoms with E-state index in [2.05, 4.69) is 25.7 Å². The van der Waals surface area contributed by atoms with Crippen molar-refractivity contribution in [3.8, 4) is 0 Å². The third kappa shape index (κ3) is 3.37. The standard InChI is InChI=1S/C16H25FN2O/c1-11-5-6-13(7-14(11)17)15(8-18)19-9-12(2)20-16(3,4)10-19/h5-7,12,15H,8-10,18H2,1-4H3. The zero-order valence-corrected chi connectivity index (χ0v) is 12.8. The van der Waals surface area contributed by atoms with Crippen LogP contribution in [-0.2, 0) is 4.74 Å². The molecule has 1 aliphatic heterocycles. The van der Waals surface area contributed by atoms with Crippen LogP contribution in [0.4, 0.5) is 4.39 Å². The number of hydrogen-bond acceptors (Lipinski definition) is 3. The summed E-state index contributed by atoms with van der Waals surface area (Å²) >= 11 is 0. The Hall–Kier alpha value is -0.970. The molecule has 1 aromatic carbocycles. The summed E-state index contributed by atoms with van der Waals surface area (Å²) in [6.07, 6.45) is 0.156. The van der Waals surface area contributed by atoms with E-state index in [0.29, 0.717) is 12.1 Å². The molecule has 1 aliphatic rings. The Kier molecular flexibility index (Phi) is 4.47. The fourth-order valence-corrected chi connectivity index (χ4v) is 3.05. The van der Waals surface area contributed by atoms with Gasteiger partial charge in [-0.15, -0.1) is 0 Å². The average Bonchev–Trinajstić information content (AvgIpc) is 2.32. The van der Waals surface area contributed by atoms with Crippen LogP contribution >= 0.6 is 0 Å². The summed E-state index contributed by atoms with van der Waals surface area (Å²) in [6, 6.07) is 5.45. The van der Waals surface area contributed by atoms with E-state index in [9.17, 15) is 4.39 Å². The molecule has 0 radical (unpaired) electrons. The molecular weight excluding hydrogens is 255 g/mol. The summed E-state index contributed by atoms with van der Waals surface area (Å²) in [6.45, 7) is 10.1. The maximum atomic E-state index is 13.8. The van der Waals surface area contributed by atoms with E-state index < -0.39 is 0 Å². The van der Waals surface area contributed by atoms with Crippen LogP contribution in [0.15, 0.2) is 18.2 Å². The molecule has 4 heteroatoms. The van der Waals surface area contributed by atoms with Crippen LogP contribution in [0.3, 0.4) is 0 Å². The number of morpholine rings is 1. The first-order valence-corrected chi connectivity index (χ1v) is 7.20. The number of benzene rings is 1. The zero-order chi connectivity index (χ0) is 14.9. The van der Waals surface area contributed by atoms with Gasteiger partial charge in [0, 0.05) is 25.7 Å². The third-order valence-corrected chi connectivity index (χ3v) is 3.84. The molecule has 1 aromatic rings. The molecule has 2 atom stereocenters. The highest BCUT2D eigenvalue weighted by Gasteiger charge is 2.34. The van der Waals surface area contributed by atoms with E-state index in [1.165, 1.54) is 0 Å². The Bertz CT molecular complexity index is 476. The number of ether oxygens (including phenoxy) is 1. The van der Waals surface area contributed by atoms with Gasteiger partial charge in [-0.05, 0) is 44.9 Å². The molecule has 0 amide bonds. The van der Waals surface area contributed by atoms with Gasteiger partial charge in [-0.2, -0.15) is 0 Å². The molecule has 0 spiro atoms. The molecule has 112 valence electrons. The quantitative estimate of drug-likeness (QED) is 0.925. The minimum atomic E-state index is -0.200. The van der Waals surface area contributed by atoms with Crippen LogP contribution in [0.5, 0.6) is 0 Å². The van der Waals surface area contributed by atoms with Gasteiger partial charge in [-0.25, -0.2) is 4.39 Å². The molecule has 0 bridgehead atoms. The Balaban J connectivity index is 2.25. The Labute approximate surface area is 120 Å². The van der Waals surface area contributed by atoms with Gasteiger partial charge in [-0.3, -0.25) is 4.90 Å². The molecule has 1 fully saturated rings. The zero-order valence-electron chi connectivity index (χ0n) is 12.8. The highest BCUT2D eigenvalue weighted by Crippen LogP contribution is 2.29. The first kappa shape index (κ1) is 15.4. The van der Waals surface area contributed by atoms with Crippen molar-refractivity contribution < 1.29 is 9.13 Å². The molecule has 1 heterocycles. The number of halogens is 1. The predicted molar refractivity (Wildman–Crippen MR) is 79.1 cm³/mol. The van der Waals surface area contributed by atoms with E-state index in [4.69, 9.17) is 10.5 Å². The molecule has 0 aliphatic carbocycles. The van der Waals surface area contributed by atoms with Crippen molar-refractivity contribution in [2.45, 2.75) is 45.4 Å². The topological polar surface area (TPSA) is 38.5 Å². The lowest BCUT2D eigenvalue weighted by atomic mass is 9.98. The van der Waals surface area contributed by atoms with Crippen LogP contribution in [-0.4, -0.2) is 36.2 Å². The molecule has 1 saturated heterocycles. The minimum Gasteiger partial charge on any atom is -0.370 e. The lowest BCUT2D eigenvalue weighted by Gasteiger charge is -2.45. The van der Waals surface area contributed by atoms with E-state index >= 15 is 0 Å². The van der Waals surface area contributed by atoms with Gasteiger partial charge in [0.15, 0.2) is 0 Å². The SMILES string of the molecule is Cc1ccc(C(CN)N2CC(C)OC(C)(C)C2)cc1F. The highest BCUT2D eigenvalue weighted by molar-refractivity contribution is 5.26. The number of nitrogens with two attached hydrogens (primary N) is 1. The maximum absolute atomic E-state index is 13.8. The van der Waals surface area contributed by atoms with E-state index in [0.717, 1.165) is 18.7 Å².